The normalized spacial score (nSPS) is 12.0. The van der Waals surface area contributed by atoms with E-state index in [-0.39, 0.29) is 67.8 Å². The van der Waals surface area contributed by atoms with Crippen LogP contribution in [-0.4, -0.2) is 127 Å². The maximum Gasteiger partial charge on any atom is 0.274 e. The van der Waals surface area contributed by atoms with Crippen molar-refractivity contribution in [3.05, 3.63) is 351 Å². The summed E-state index contributed by atoms with van der Waals surface area (Å²) in [6.45, 7) is 28.2. The van der Waals surface area contributed by atoms with E-state index in [0.29, 0.717) is 80.4 Å². The Hall–Kier alpha value is -10.9. The molecule has 26 nitrogen and oxygen atoms in total. The van der Waals surface area contributed by atoms with Gasteiger partial charge in [-0.05, 0) is 196 Å². The summed E-state index contributed by atoms with van der Waals surface area (Å²) in [6.07, 6.45) is 5.08. The first-order valence-electron chi connectivity index (χ1n) is 39.8. The molecule has 3 aromatic heterocycles. The third kappa shape index (κ3) is 34.0. The number of benzene rings is 9. The summed E-state index contributed by atoms with van der Waals surface area (Å²) in [5.74, 6) is -0.885. The van der Waals surface area contributed by atoms with Crippen molar-refractivity contribution in [1.82, 2.24) is 40.0 Å². The van der Waals surface area contributed by atoms with Crippen molar-refractivity contribution in [2.45, 2.75) is 123 Å². The Morgan fingerprint density at radius 2 is 0.742 bits per heavy atom. The lowest BCUT2D eigenvalue weighted by molar-refractivity contribution is 0.101. The van der Waals surface area contributed by atoms with Crippen LogP contribution in [0.2, 0.25) is 0 Å². The van der Waals surface area contributed by atoms with Gasteiger partial charge in [0, 0.05) is 84.5 Å². The summed E-state index contributed by atoms with van der Waals surface area (Å²) in [5, 5.41) is 67.9. The number of aliphatic hydroxyl groups is 4. The SMILES string of the molecule is CCC(CO)NC(c1ccccc1)c1cccc(NC(=O)c2cc(C)nn2-c2cccc(CN)c2)c1.CCC(N)CO.NCCCCCN.O=S(Cl)Cl.O=S(Cl)Cl.[C-]#[N+]c1cccc(-n2nc(C)cc2C(=O)Nc2cccc(C(NC(CC)CO)c3ccccc3)c2)c1.[C-]#[N+]c1cccc(-n2nc(C)cc2C(=O)Nc2cccc(C(O)c3ccccc3)c2)c1. The van der Waals surface area contributed by atoms with Crippen LogP contribution in [0.4, 0.5) is 28.4 Å². The highest BCUT2D eigenvalue weighted by atomic mass is 36.0. The molecule has 0 aliphatic heterocycles. The number of anilines is 3. The number of nitrogens with zero attached hydrogens (tertiary/aromatic N) is 8. The summed E-state index contributed by atoms with van der Waals surface area (Å²) in [4.78, 5) is 46.6. The molecule has 0 spiro atoms. The van der Waals surface area contributed by atoms with Crippen LogP contribution in [0.5, 0.6) is 0 Å². The maximum absolute atomic E-state index is 13.4. The van der Waals surface area contributed by atoms with Crippen molar-refractivity contribution >= 4 is 107 Å². The van der Waals surface area contributed by atoms with Gasteiger partial charge in [0.2, 0.25) is 18.5 Å². The Morgan fingerprint density at radius 3 is 1.06 bits per heavy atom. The minimum atomic E-state index is -1.67. The minimum absolute atomic E-state index is 0.00926. The molecule has 3 amide bonds. The first-order valence-corrected chi connectivity index (χ1v) is 45.4. The largest absolute Gasteiger partial charge is 0.395 e. The Bertz CT molecular complexity index is 5370. The summed E-state index contributed by atoms with van der Waals surface area (Å²) in [7, 11) is 14.7. The number of aryl methyl sites for hydroxylation is 3. The van der Waals surface area contributed by atoms with Gasteiger partial charge in [-0.25, -0.2) is 32.2 Å². The summed E-state index contributed by atoms with van der Waals surface area (Å²) < 4.78 is 22.9. The number of nitrogens with one attached hydrogen (secondary N) is 5. The van der Waals surface area contributed by atoms with E-state index >= 15 is 0 Å². The van der Waals surface area contributed by atoms with Gasteiger partial charge in [-0.1, -0.05) is 191 Å². The molecule has 6 unspecified atom stereocenters. The zero-order valence-corrected chi connectivity index (χ0v) is 74.4. The molecule has 32 heteroatoms. The summed E-state index contributed by atoms with van der Waals surface area (Å²) in [6, 6.07) is 78.6. The number of nitrogens with two attached hydrogens (primary N) is 4. The molecule has 6 atom stereocenters. The van der Waals surface area contributed by atoms with Gasteiger partial charge >= 0.3 is 0 Å². The average Bonchev–Trinajstić information content (AvgIpc) is 1.62. The molecule has 0 fully saturated rings. The molecular formula is C92H107Cl4N17O9S2. The van der Waals surface area contributed by atoms with Gasteiger partial charge < -0.3 is 69.9 Å². The number of rotatable bonds is 30. The molecule has 0 saturated carbocycles. The van der Waals surface area contributed by atoms with Crippen LogP contribution in [-0.2, 0) is 25.0 Å². The highest BCUT2D eigenvalue weighted by molar-refractivity contribution is 8.27. The second kappa shape index (κ2) is 55.3. The first-order chi connectivity index (χ1) is 59.8. The number of unbranched alkanes of at least 4 members (excludes halogenated alkanes) is 2. The second-order valence-corrected chi connectivity index (χ2v) is 32.9. The maximum atomic E-state index is 13.4. The minimum Gasteiger partial charge on any atom is -0.395 e. The van der Waals surface area contributed by atoms with Gasteiger partial charge in [-0.3, -0.25) is 14.4 Å². The third-order valence-corrected chi connectivity index (χ3v) is 18.7. The molecule has 0 bridgehead atoms. The second-order valence-electron chi connectivity index (χ2n) is 27.9. The Balaban J connectivity index is 0.000000257. The number of hydrogen-bond acceptors (Lipinski definition) is 18. The van der Waals surface area contributed by atoms with E-state index in [1.165, 1.54) is 11.1 Å². The lowest BCUT2D eigenvalue weighted by atomic mass is 9.97. The van der Waals surface area contributed by atoms with Crippen LogP contribution in [0.25, 0.3) is 26.8 Å². The van der Waals surface area contributed by atoms with E-state index in [4.69, 9.17) is 49.6 Å². The molecule has 9 aromatic carbocycles. The van der Waals surface area contributed by atoms with E-state index in [9.17, 15) is 29.7 Å². The molecule has 12 aromatic rings. The molecule has 0 aliphatic carbocycles. The molecule has 3 heterocycles. The summed E-state index contributed by atoms with van der Waals surface area (Å²) in [5.41, 5.74) is 36.3. The van der Waals surface area contributed by atoms with Gasteiger partial charge in [-0.2, -0.15) is 15.3 Å². The quantitative estimate of drug-likeness (QED) is 0.0113. The number of hydrogen-bond donors (Lipinski definition) is 13. The predicted molar refractivity (Wildman–Crippen MR) is 501 cm³/mol. The van der Waals surface area contributed by atoms with Gasteiger partial charge in [0.25, 0.3) is 17.7 Å². The highest BCUT2D eigenvalue weighted by Crippen LogP contribution is 2.31. The van der Waals surface area contributed by atoms with Gasteiger partial charge in [-0.15, -0.1) is 0 Å². The average molecular weight is 1800 g/mol. The fraction of sp³-hybridized carbons (Fsp3) is 0.261. The Morgan fingerprint density at radius 1 is 0.419 bits per heavy atom. The van der Waals surface area contributed by atoms with Gasteiger partial charge in [0.1, 0.15) is 23.2 Å². The molecule has 124 heavy (non-hydrogen) atoms. The van der Waals surface area contributed by atoms with E-state index < -0.39 is 24.6 Å². The molecule has 12 rings (SSSR count). The van der Waals surface area contributed by atoms with E-state index in [0.717, 1.165) is 90.0 Å². The number of carbonyl (C=O) groups is 3. The molecular weight excluding hydrogens is 1690 g/mol. The molecule has 17 N–H and O–H groups in total. The Kier molecular flexibility index (Phi) is 45.4. The summed E-state index contributed by atoms with van der Waals surface area (Å²) >= 11 is 0. The topological polar surface area (TPSA) is 393 Å². The van der Waals surface area contributed by atoms with E-state index in [1.54, 1.807) is 88.2 Å². The molecule has 0 aliphatic rings. The van der Waals surface area contributed by atoms with Crippen molar-refractivity contribution in [2.75, 3.05) is 48.9 Å². The van der Waals surface area contributed by atoms with Crippen LogP contribution >= 0.6 is 42.7 Å². The van der Waals surface area contributed by atoms with Gasteiger partial charge in [0.05, 0.1) is 79.2 Å². The predicted octanol–water partition coefficient (Wildman–Crippen LogP) is 16.7. The molecule has 654 valence electrons. The Labute approximate surface area is 747 Å². The van der Waals surface area contributed by atoms with E-state index in [1.807, 2.05) is 205 Å². The monoisotopic (exact) mass is 1800 g/mol. The van der Waals surface area contributed by atoms with Crippen LogP contribution in [0.3, 0.4) is 0 Å². The van der Waals surface area contributed by atoms with Crippen LogP contribution in [0, 0.1) is 33.9 Å². The first kappa shape index (κ1) is 102. The fourth-order valence-corrected chi connectivity index (χ4v) is 12.3. The number of halogens is 4. The number of amides is 3. The smallest absolute Gasteiger partial charge is 0.274 e. The van der Waals surface area contributed by atoms with Gasteiger partial charge in [0.15, 0.2) is 11.4 Å². The fourth-order valence-electron chi connectivity index (χ4n) is 12.3. The van der Waals surface area contributed by atoms with Crippen molar-refractivity contribution in [3.8, 4) is 17.1 Å². The lowest BCUT2D eigenvalue weighted by Crippen LogP contribution is -2.35. The molecule has 0 radical (unpaired) electrons. The van der Waals surface area contributed by atoms with E-state index in [2.05, 4.69) is 106 Å². The third-order valence-electron chi connectivity index (χ3n) is 18.7. The van der Waals surface area contributed by atoms with Crippen molar-refractivity contribution in [3.63, 3.8) is 0 Å². The number of aliphatic hydroxyl groups excluding tert-OH is 4. The standard InChI is InChI=1S/C29H29N5O2.C29H33N5O2.C25H20N4O2.C5H14N2.C4H11NO.2Cl2OS/c1-4-23(19-35)31-28(21-10-6-5-7-11-21)22-12-8-14-25(17-22)32-29(36)27-16-20(2)33-34(27)26-15-9-13-24(18-26)30-3;1-3-24(19-35)31-28(22-10-5-4-6-11-22)23-12-8-13-25(17-23)32-29(36)27-15-20(2)33-34(27)26-14-7-9-21(16-26)18-30;1-17-14-23(29(28-17)22-13-7-11-20(16-22)26-2)25(31)27-21-12-6-10-19(15-21)24(30)18-8-4-3-5-9-18;6-4-2-1-3-5-7;1-2-4(5)3-6;2*1-4(2)3/h5-18,23,28,31,35H,4,19H2,1-2H3,(H,32,36);4-17,24,28,31,35H,3,18-19,30H2,1-2H3,(H,32,36);3-16,24,30H,1H3,(H,27,31);1-7H2;4,6H,2-3,5H2,1H3;;. The van der Waals surface area contributed by atoms with Crippen molar-refractivity contribution in [1.29, 1.82) is 0 Å². The molecule has 0 saturated heterocycles. The lowest BCUT2D eigenvalue weighted by Gasteiger charge is -2.25. The highest BCUT2D eigenvalue weighted by Gasteiger charge is 2.24. The van der Waals surface area contributed by atoms with Crippen molar-refractivity contribution in [2.24, 2.45) is 22.9 Å². The van der Waals surface area contributed by atoms with Crippen LogP contribution in [0.15, 0.2) is 255 Å². The van der Waals surface area contributed by atoms with Crippen molar-refractivity contribution < 1.29 is 43.2 Å². The van der Waals surface area contributed by atoms with Crippen LogP contribution in [0.1, 0.15) is 165 Å². The number of aromatic nitrogens is 6. The van der Waals surface area contributed by atoms with Crippen LogP contribution < -0.4 is 49.5 Å². The number of carbonyl (C=O) groups excluding carboxylic acids is 3. The zero-order chi connectivity index (χ0) is 90.5. The zero-order valence-electron chi connectivity index (χ0n) is 69.7.